The van der Waals surface area contributed by atoms with Crippen LogP contribution in [-0.2, 0) is 20.1 Å². The molecule has 0 saturated carbocycles. The highest BCUT2D eigenvalue weighted by Gasteiger charge is 2.20. The molecule has 148 valence electrons. The summed E-state index contributed by atoms with van der Waals surface area (Å²) in [5, 5.41) is 13.5. The highest BCUT2D eigenvalue weighted by atomic mass is 35.5. The van der Waals surface area contributed by atoms with E-state index in [1.807, 2.05) is 30.9 Å². The van der Waals surface area contributed by atoms with Gasteiger partial charge in [0.25, 0.3) is 5.91 Å². The van der Waals surface area contributed by atoms with Crippen molar-refractivity contribution in [1.82, 2.24) is 34.4 Å². The molecule has 0 N–H and O–H groups in total. The van der Waals surface area contributed by atoms with Gasteiger partial charge in [0.1, 0.15) is 6.33 Å². The highest BCUT2D eigenvalue weighted by molar-refractivity contribution is 6.31. The van der Waals surface area contributed by atoms with Crippen molar-refractivity contribution in [1.29, 1.82) is 0 Å². The SMILES string of the molecule is CCn1cc(-c2cc(C(=O)N(C)Cc3nncn3C)c3cc(Cl)ccc3n2)cn1. The van der Waals surface area contributed by atoms with Crippen molar-refractivity contribution in [2.45, 2.75) is 20.0 Å². The van der Waals surface area contributed by atoms with Gasteiger partial charge in [0.15, 0.2) is 5.82 Å². The molecule has 0 aliphatic carbocycles. The van der Waals surface area contributed by atoms with Gasteiger partial charge in [0, 0.05) is 42.8 Å². The maximum atomic E-state index is 13.3. The third-order valence-electron chi connectivity index (χ3n) is 4.78. The summed E-state index contributed by atoms with van der Waals surface area (Å²) in [5.41, 5.74) is 2.77. The maximum Gasteiger partial charge on any atom is 0.254 e. The molecule has 1 aromatic carbocycles. The molecule has 0 atom stereocenters. The number of carbonyl (C=O) groups is 1. The summed E-state index contributed by atoms with van der Waals surface area (Å²) in [6, 6.07) is 7.16. The summed E-state index contributed by atoms with van der Waals surface area (Å²) >= 11 is 6.20. The second kappa shape index (κ2) is 7.63. The summed E-state index contributed by atoms with van der Waals surface area (Å²) in [4.78, 5) is 19.7. The van der Waals surface area contributed by atoms with Crippen LogP contribution < -0.4 is 0 Å². The molecule has 0 aliphatic heterocycles. The lowest BCUT2D eigenvalue weighted by Gasteiger charge is -2.18. The van der Waals surface area contributed by atoms with Crippen molar-refractivity contribution in [3.05, 3.63) is 59.4 Å². The minimum absolute atomic E-state index is 0.146. The Hall–Kier alpha value is -3.26. The van der Waals surface area contributed by atoms with Crippen LogP contribution in [0.5, 0.6) is 0 Å². The molecule has 4 aromatic rings. The predicted octanol–water partition coefficient (Wildman–Crippen LogP) is 3.17. The number of rotatable bonds is 5. The van der Waals surface area contributed by atoms with Gasteiger partial charge >= 0.3 is 0 Å². The Morgan fingerprint density at radius 3 is 2.79 bits per heavy atom. The topological polar surface area (TPSA) is 81.7 Å². The van der Waals surface area contributed by atoms with Crippen LogP contribution in [0.4, 0.5) is 0 Å². The van der Waals surface area contributed by atoms with Crippen molar-refractivity contribution >= 4 is 28.4 Å². The fourth-order valence-electron chi connectivity index (χ4n) is 3.13. The monoisotopic (exact) mass is 409 g/mol. The van der Waals surface area contributed by atoms with Gasteiger partial charge in [-0.15, -0.1) is 10.2 Å². The number of carbonyl (C=O) groups excluding carboxylic acids is 1. The van der Waals surface area contributed by atoms with E-state index in [1.54, 1.807) is 47.2 Å². The number of fused-ring (bicyclic) bond motifs is 1. The minimum Gasteiger partial charge on any atom is -0.334 e. The molecule has 0 spiro atoms. The molecule has 0 aliphatic rings. The number of halogens is 1. The van der Waals surface area contributed by atoms with E-state index in [2.05, 4.69) is 15.3 Å². The Balaban J connectivity index is 1.79. The lowest BCUT2D eigenvalue weighted by atomic mass is 10.0. The van der Waals surface area contributed by atoms with Crippen molar-refractivity contribution in [3.8, 4) is 11.3 Å². The van der Waals surface area contributed by atoms with Crippen molar-refractivity contribution < 1.29 is 4.79 Å². The summed E-state index contributed by atoms with van der Waals surface area (Å²) in [6.45, 7) is 3.11. The normalized spacial score (nSPS) is 11.2. The molecule has 29 heavy (non-hydrogen) atoms. The first-order valence-corrected chi connectivity index (χ1v) is 9.55. The van der Waals surface area contributed by atoms with E-state index in [9.17, 15) is 4.79 Å². The Kier molecular flexibility index (Phi) is 5.02. The third-order valence-corrected chi connectivity index (χ3v) is 5.02. The number of nitrogens with zero attached hydrogens (tertiary/aromatic N) is 7. The molecule has 0 fully saturated rings. The summed E-state index contributed by atoms with van der Waals surface area (Å²) in [5.74, 6) is 0.550. The number of pyridine rings is 1. The Bertz CT molecular complexity index is 1200. The molecule has 0 saturated heterocycles. The number of aromatic nitrogens is 6. The maximum absolute atomic E-state index is 13.3. The van der Waals surface area contributed by atoms with Gasteiger partial charge in [-0.05, 0) is 31.2 Å². The van der Waals surface area contributed by atoms with Gasteiger partial charge in [-0.25, -0.2) is 4.98 Å². The quantitative estimate of drug-likeness (QED) is 0.505. The van der Waals surface area contributed by atoms with Crippen LogP contribution >= 0.6 is 11.6 Å². The van der Waals surface area contributed by atoms with E-state index in [-0.39, 0.29) is 5.91 Å². The lowest BCUT2D eigenvalue weighted by Crippen LogP contribution is -2.27. The number of benzene rings is 1. The number of hydrogen-bond acceptors (Lipinski definition) is 5. The van der Waals surface area contributed by atoms with E-state index in [4.69, 9.17) is 16.6 Å². The third kappa shape index (κ3) is 3.71. The first kappa shape index (κ1) is 19.1. The summed E-state index contributed by atoms with van der Waals surface area (Å²) < 4.78 is 3.61. The van der Waals surface area contributed by atoms with Crippen LogP contribution in [0.3, 0.4) is 0 Å². The summed E-state index contributed by atoms with van der Waals surface area (Å²) in [6.07, 6.45) is 5.28. The molecule has 0 bridgehead atoms. The average molecular weight is 410 g/mol. The van der Waals surface area contributed by atoms with Gasteiger partial charge < -0.3 is 9.47 Å². The largest absolute Gasteiger partial charge is 0.334 e. The molecular weight excluding hydrogens is 390 g/mol. The van der Waals surface area contributed by atoms with Crippen LogP contribution in [0.2, 0.25) is 5.02 Å². The van der Waals surface area contributed by atoms with Crippen LogP contribution in [-0.4, -0.2) is 47.4 Å². The van der Waals surface area contributed by atoms with E-state index < -0.39 is 0 Å². The van der Waals surface area contributed by atoms with Crippen LogP contribution in [0, 0.1) is 0 Å². The van der Waals surface area contributed by atoms with Gasteiger partial charge in [-0.1, -0.05) is 11.6 Å². The van der Waals surface area contributed by atoms with Crippen molar-refractivity contribution in [2.24, 2.45) is 7.05 Å². The fourth-order valence-corrected chi connectivity index (χ4v) is 3.30. The molecule has 1 amide bonds. The zero-order chi connectivity index (χ0) is 20.5. The number of aryl methyl sites for hydroxylation is 2. The molecule has 3 aromatic heterocycles. The second-order valence-corrected chi connectivity index (χ2v) is 7.26. The predicted molar refractivity (Wildman–Crippen MR) is 110 cm³/mol. The first-order chi connectivity index (χ1) is 14.0. The minimum atomic E-state index is -0.146. The molecule has 4 rings (SSSR count). The molecule has 0 radical (unpaired) electrons. The van der Waals surface area contributed by atoms with Crippen LogP contribution in [0.1, 0.15) is 23.1 Å². The van der Waals surface area contributed by atoms with E-state index in [0.717, 1.165) is 12.1 Å². The van der Waals surface area contributed by atoms with Crippen LogP contribution in [0.25, 0.3) is 22.2 Å². The zero-order valence-electron chi connectivity index (χ0n) is 16.4. The van der Waals surface area contributed by atoms with E-state index in [1.165, 1.54) is 0 Å². The average Bonchev–Trinajstić information content (AvgIpc) is 3.36. The number of hydrogen-bond donors (Lipinski definition) is 0. The zero-order valence-corrected chi connectivity index (χ0v) is 17.1. The highest BCUT2D eigenvalue weighted by Crippen LogP contribution is 2.28. The van der Waals surface area contributed by atoms with Crippen LogP contribution in [0.15, 0.2) is 43.0 Å². The van der Waals surface area contributed by atoms with Crippen molar-refractivity contribution in [3.63, 3.8) is 0 Å². The Labute approximate surface area is 172 Å². The van der Waals surface area contributed by atoms with E-state index >= 15 is 0 Å². The lowest BCUT2D eigenvalue weighted by molar-refractivity contribution is 0.0782. The molecule has 3 heterocycles. The molecule has 0 unspecified atom stereocenters. The molecular formula is C20H20ClN7O. The molecule has 9 heteroatoms. The van der Waals surface area contributed by atoms with Gasteiger partial charge in [0.2, 0.25) is 0 Å². The van der Waals surface area contributed by atoms with Gasteiger partial charge in [0.05, 0.1) is 29.5 Å². The standard InChI is InChI=1S/C20H20ClN7O/c1-4-28-10-13(9-23-28)18-8-16(15-7-14(21)5-6-17(15)24-18)20(29)26(2)11-19-25-22-12-27(19)3/h5-10,12H,4,11H2,1-3H3. The van der Waals surface area contributed by atoms with Crippen molar-refractivity contribution in [2.75, 3.05) is 7.05 Å². The van der Waals surface area contributed by atoms with Gasteiger partial charge in [-0.3, -0.25) is 9.48 Å². The van der Waals surface area contributed by atoms with Gasteiger partial charge in [-0.2, -0.15) is 5.10 Å². The fraction of sp³-hybridized carbons (Fsp3) is 0.250. The Morgan fingerprint density at radius 2 is 2.10 bits per heavy atom. The number of amides is 1. The second-order valence-electron chi connectivity index (χ2n) is 6.82. The summed E-state index contributed by atoms with van der Waals surface area (Å²) in [7, 11) is 3.58. The van der Waals surface area contributed by atoms with E-state index in [0.29, 0.717) is 39.6 Å². The molecule has 8 nitrogen and oxygen atoms in total. The Morgan fingerprint density at radius 1 is 1.28 bits per heavy atom. The smallest absolute Gasteiger partial charge is 0.254 e. The first-order valence-electron chi connectivity index (χ1n) is 9.17.